The normalized spacial score (nSPS) is 20.3. The number of aryl methyl sites for hydroxylation is 1. The smallest absolute Gasteiger partial charge is 0.385 e. The third kappa shape index (κ3) is 4.90. The zero-order chi connectivity index (χ0) is 27.4. The van der Waals surface area contributed by atoms with Crippen LogP contribution >= 0.6 is 0 Å². The van der Waals surface area contributed by atoms with Crippen LogP contribution in [0.15, 0.2) is 42.7 Å². The minimum atomic E-state index is -4.74. The molecule has 0 spiro atoms. The fourth-order valence-corrected chi connectivity index (χ4v) is 5.13. The van der Waals surface area contributed by atoms with Gasteiger partial charge in [0.05, 0.1) is 18.7 Å². The van der Waals surface area contributed by atoms with Crippen molar-refractivity contribution in [2.24, 2.45) is 7.05 Å². The van der Waals surface area contributed by atoms with Crippen molar-refractivity contribution in [3.05, 3.63) is 76.4 Å². The lowest BCUT2D eigenvalue weighted by Gasteiger charge is -2.19. The van der Waals surface area contributed by atoms with Crippen molar-refractivity contribution in [2.75, 3.05) is 18.0 Å². The Morgan fingerprint density at radius 3 is 2.61 bits per heavy atom. The number of aliphatic hydroxyl groups is 1. The number of anilines is 1. The van der Waals surface area contributed by atoms with Crippen molar-refractivity contribution in [1.29, 1.82) is 0 Å². The third-order valence-electron chi connectivity index (χ3n) is 7.21. The predicted octanol–water partition coefficient (Wildman–Crippen LogP) is 4.15. The molecular weight excluding hydrogens is 509 g/mol. The molecule has 1 aromatic heterocycles. The van der Waals surface area contributed by atoms with Crippen molar-refractivity contribution in [1.82, 2.24) is 19.7 Å². The Morgan fingerprint density at radius 1 is 1.21 bits per heavy atom. The number of β-amino-alcohol motifs (C(OH)–C–C–N with tert-alkyl or cyclic N) is 1. The number of carbonyl (C=O) groups excluding carboxylic acids is 1. The summed E-state index contributed by atoms with van der Waals surface area (Å²) in [6.45, 7) is 0.342. The molecule has 5 rings (SSSR count). The number of amides is 1. The standard InChI is InChI=1S/C26H26F5N5O2/c1-15(6-23-33-32-14-34(23)2)17-4-3-5-18(9-17)36-11-20-19(24(36)38)7-16(8-21(20)26(29,30)31)10-35-12-22(37)25(27,28)13-35/h3-5,7-9,14-15,22,37H,6,10-13H2,1-2H3/t15-,22?/m1/s1. The summed E-state index contributed by atoms with van der Waals surface area (Å²) in [7, 11) is 1.84. The van der Waals surface area contributed by atoms with Crippen LogP contribution in [-0.2, 0) is 32.7 Å². The zero-order valence-corrected chi connectivity index (χ0v) is 20.7. The molecule has 1 fully saturated rings. The van der Waals surface area contributed by atoms with Gasteiger partial charge in [0, 0.05) is 37.8 Å². The summed E-state index contributed by atoms with van der Waals surface area (Å²) in [6, 6.07) is 9.35. The third-order valence-corrected chi connectivity index (χ3v) is 7.21. The molecule has 2 aromatic carbocycles. The van der Waals surface area contributed by atoms with Gasteiger partial charge in [0.15, 0.2) is 0 Å². The van der Waals surface area contributed by atoms with E-state index in [1.807, 2.05) is 20.0 Å². The molecule has 2 atom stereocenters. The molecule has 38 heavy (non-hydrogen) atoms. The van der Waals surface area contributed by atoms with Crippen LogP contribution < -0.4 is 4.90 Å². The lowest BCUT2D eigenvalue weighted by molar-refractivity contribution is -0.138. The fourth-order valence-electron chi connectivity index (χ4n) is 5.13. The zero-order valence-electron chi connectivity index (χ0n) is 20.7. The number of benzene rings is 2. The lowest BCUT2D eigenvalue weighted by Crippen LogP contribution is -2.31. The molecule has 2 aliphatic heterocycles. The van der Waals surface area contributed by atoms with E-state index in [4.69, 9.17) is 0 Å². The summed E-state index contributed by atoms with van der Waals surface area (Å²) in [6.07, 6.45) is -4.45. The van der Waals surface area contributed by atoms with E-state index in [-0.39, 0.29) is 42.2 Å². The Kier molecular flexibility index (Phi) is 6.50. The van der Waals surface area contributed by atoms with Gasteiger partial charge in [-0.15, -0.1) is 10.2 Å². The quantitative estimate of drug-likeness (QED) is 0.480. The Balaban J connectivity index is 1.43. The molecule has 1 amide bonds. The molecule has 0 bridgehead atoms. The molecule has 3 aromatic rings. The number of nitrogens with zero attached hydrogens (tertiary/aromatic N) is 5. The molecule has 0 radical (unpaired) electrons. The average Bonchev–Trinajstić information content (AvgIpc) is 3.47. The monoisotopic (exact) mass is 535 g/mol. The van der Waals surface area contributed by atoms with Gasteiger partial charge in [0.25, 0.3) is 11.8 Å². The van der Waals surface area contributed by atoms with Crippen molar-refractivity contribution < 1.29 is 31.9 Å². The molecule has 0 aliphatic carbocycles. The number of hydrogen-bond donors (Lipinski definition) is 1. The van der Waals surface area contributed by atoms with E-state index in [2.05, 4.69) is 10.2 Å². The fraction of sp³-hybridized carbons (Fsp3) is 0.423. The van der Waals surface area contributed by atoms with Crippen molar-refractivity contribution >= 4 is 11.6 Å². The van der Waals surface area contributed by atoms with E-state index < -0.39 is 36.2 Å². The van der Waals surface area contributed by atoms with Crippen LogP contribution in [0.1, 0.15) is 51.3 Å². The van der Waals surface area contributed by atoms with Crippen molar-refractivity contribution in [2.45, 2.75) is 50.6 Å². The first-order valence-corrected chi connectivity index (χ1v) is 12.1. The van der Waals surface area contributed by atoms with E-state index in [0.717, 1.165) is 17.5 Å². The summed E-state index contributed by atoms with van der Waals surface area (Å²) in [5.41, 5.74) is 0.237. The number of hydrogen-bond acceptors (Lipinski definition) is 5. The first-order valence-electron chi connectivity index (χ1n) is 12.1. The molecule has 1 N–H and O–H groups in total. The van der Waals surface area contributed by atoms with Gasteiger partial charge in [-0.3, -0.25) is 9.69 Å². The predicted molar refractivity (Wildman–Crippen MR) is 128 cm³/mol. The molecular formula is C26H26F5N5O2. The van der Waals surface area contributed by atoms with Gasteiger partial charge in [-0.2, -0.15) is 13.2 Å². The molecule has 3 heterocycles. The van der Waals surface area contributed by atoms with Gasteiger partial charge in [-0.1, -0.05) is 19.1 Å². The van der Waals surface area contributed by atoms with Crippen LogP contribution in [0.4, 0.5) is 27.6 Å². The first-order chi connectivity index (χ1) is 17.8. The molecule has 202 valence electrons. The highest BCUT2D eigenvalue weighted by molar-refractivity contribution is 6.10. The summed E-state index contributed by atoms with van der Waals surface area (Å²) in [5, 5.41) is 17.5. The maximum atomic E-state index is 14.0. The topological polar surface area (TPSA) is 74.5 Å². The van der Waals surface area contributed by atoms with Crippen LogP contribution in [0.2, 0.25) is 0 Å². The van der Waals surface area contributed by atoms with E-state index >= 15 is 0 Å². The van der Waals surface area contributed by atoms with Crippen LogP contribution in [0.5, 0.6) is 0 Å². The van der Waals surface area contributed by atoms with Crippen LogP contribution in [0.3, 0.4) is 0 Å². The number of likely N-dealkylation sites (tertiary alicyclic amines) is 1. The minimum absolute atomic E-state index is 0.00390. The number of halogens is 5. The summed E-state index contributed by atoms with van der Waals surface area (Å²) in [4.78, 5) is 15.9. The average molecular weight is 536 g/mol. The van der Waals surface area contributed by atoms with Gasteiger partial charge in [-0.25, -0.2) is 8.78 Å². The van der Waals surface area contributed by atoms with Crippen LogP contribution in [0.25, 0.3) is 0 Å². The first kappa shape index (κ1) is 26.2. The number of rotatable bonds is 6. The highest BCUT2D eigenvalue weighted by Gasteiger charge is 2.47. The highest BCUT2D eigenvalue weighted by Crippen LogP contribution is 2.40. The Bertz CT molecular complexity index is 1370. The van der Waals surface area contributed by atoms with Crippen LogP contribution in [-0.4, -0.2) is 55.8 Å². The SMILES string of the molecule is C[C@H](Cc1nncn1C)c1cccc(N2Cc3c(cc(CN4CC(O)C(F)(F)C4)cc3C(F)(F)F)C2=O)c1. The largest absolute Gasteiger partial charge is 0.416 e. The van der Waals surface area contributed by atoms with Gasteiger partial charge < -0.3 is 14.6 Å². The summed E-state index contributed by atoms with van der Waals surface area (Å²) < 4.78 is 71.5. The summed E-state index contributed by atoms with van der Waals surface area (Å²) in [5.74, 6) is -3.15. The molecule has 1 saturated heterocycles. The minimum Gasteiger partial charge on any atom is -0.385 e. The molecule has 2 aliphatic rings. The summed E-state index contributed by atoms with van der Waals surface area (Å²) >= 11 is 0. The maximum absolute atomic E-state index is 14.0. The van der Waals surface area contributed by atoms with Gasteiger partial charge >= 0.3 is 6.18 Å². The maximum Gasteiger partial charge on any atom is 0.416 e. The number of aromatic nitrogens is 3. The van der Waals surface area contributed by atoms with Crippen molar-refractivity contribution in [3.8, 4) is 0 Å². The number of aliphatic hydroxyl groups excluding tert-OH is 1. The Morgan fingerprint density at radius 2 is 1.97 bits per heavy atom. The molecule has 12 heteroatoms. The van der Waals surface area contributed by atoms with Crippen molar-refractivity contribution in [3.63, 3.8) is 0 Å². The Hall–Kier alpha value is -3.38. The molecule has 0 saturated carbocycles. The molecule has 7 nitrogen and oxygen atoms in total. The van der Waals surface area contributed by atoms with Gasteiger partial charge in [-0.05, 0) is 46.9 Å². The second-order valence-electron chi connectivity index (χ2n) is 10.1. The molecule has 1 unspecified atom stereocenters. The second-order valence-corrected chi connectivity index (χ2v) is 10.1. The number of carbonyl (C=O) groups is 1. The number of alkyl halides is 5. The van der Waals surface area contributed by atoms with Gasteiger partial charge in [0.1, 0.15) is 18.3 Å². The van der Waals surface area contributed by atoms with E-state index in [9.17, 15) is 31.9 Å². The highest BCUT2D eigenvalue weighted by atomic mass is 19.4. The number of fused-ring (bicyclic) bond motifs is 1. The lowest BCUT2D eigenvalue weighted by atomic mass is 9.97. The van der Waals surface area contributed by atoms with E-state index in [1.165, 1.54) is 15.9 Å². The second kappa shape index (κ2) is 9.42. The Labute approximate surface area is 215 Å². The van der Waals surface area contributed by atoms with Gasteiger partial charge in [0.2, 0.25) is 0 Å². The van der Waals surface area contributed by atoms with E-state index in [1.54, 1.807) is 29.1 Å². The van der Waals surface area contributed by atoms with E-state index in [0.29, 0.717) is 12.1 Å². The van der Waals surface area contributed by atoms with Crippen LogP contribution in [0, 0.1) is 0 Å².